The molecule has 1 heterocycles. The Morgan fingerprint density at radius 2 is 1.71 bits per heavy atom. The van der Waals surface area contributed by atoms with Gasteiger partial charge in [0.25, 0.3) is 0 Å². The number of carboxylic acid groups (broad SMARTS) is 1. The van der Waals surface area contributed by atoms with Gasteiger partial charge < -0.3 is 19.8 Å². The van der Waals surface area contributed by atoms with Gasteiger partial charge in [0.2, 0.25) is 5.91 Å². The minimum absolute atomic E-state index is 0.0708. The Labute approximate surface area is 234 Å². The summed E-state index contributed by atoms with van der Waals surface area (Å²) in [5.74, 6) is -1.25. The van der Waals surface area contributed by atoms with Crippen LogP contribution in [0.5, 0.6) is 0 Å². The second-order valence-corrected chi connectivity index (χ2v) is 11.3. The average Bonchev–Trinajstić information content (AvgIpc) is 2.82. The molecule has 1 N–H and O–H groups in total. The third kappa shape index (κ3) is 6.79. The first-order valence-electron chi connectivity index (χ1n) is 12.5. The van der Waals surface area contributed by atoms with Crippen molar-refractivity contribution >= 4 is 46.8 Å². The Balaban J connectivity index is 2.17. The van der Waals surface area contributed by atoms with Crippen molar-refractivity contribution in [1.29, 1.82) is 0 Å². The lowest BCUT2D eigenvalue weighted by Crippen LogP contribution is -2.61. The fraction of sp³-hybridized carbons (Fsp3) is 0.464. The van der Waals surface area contributed by atoms with Crippen LogP contribution in [0, 0.1) is 12.3 Å². The smallest absolute Gasteiger partial charge is 0.324 e. The number of anilines is 1. The number of carbonyl (C=O) groups is 3. The highest BCUT2D eigenvalue weighted by Gasteiger charge is 2.54. The zero-order valence-electron chi connectivity index (χ0n) is 22.6. The summed E-state index contributed by atoms with van der Waals surface area (Å²) >= 11 is 12.9. The Bertz CT molecular complexity index is 1170. The minimum atomic E-state index is -1.18. The number of aliphatic carboxylic acids is 1. The van der Waals surface area contributed by atoms with Crippen LogP contribution in [0.3, 0.4) is 0 Å². The summed E-state index contributed by atoms with van der Waals surface area (Å²) in [4.78, 5) is 46.4. The predicted octanol–water partition coefficient (Wildman–Crippen LogP) is 5.18. The molecule has 1 aliphatic heterocycles. The maximum Gasteiger partial charge on any atom is 0.324 e. The monoisotopic (exact) mass is 562 g/mol. The number of hydrogen-bond acceptors (Lipinski definition) is 4. The van der Waals surface area contributed by atoms with Gasteiger partial charge in [-0.05, 0) is 63.8 Å². The van der Waals surface area contributed by atoms with Gasteiger partial charge >= 0.3 is 12.0 Å². The zero-order chi connectivity index (χ0) is 28.2. The molecule has 2 aromatic rings. The lowest BCUT2D eigenvalue weighted by atomic mass is 9.69. The maximum absolute atomic E-state index is 13.7. The van der Waals surface area contributed by atoms with E-state index in [1.165, 1.54) is 4.90 Å². The van der Waals surface area contributed by atoms with Crippen molar-refractivity contribution in [2.24, 2.45) is 5.41 Å². The fourth-order valence-corrected chi connectivity index (χ4v) is 5.72. The number of carboxylic acids is 1. The number of benzene rings is 2. The van der Waals surface area contributed by atoms with Gasteiger partial charge in [-0.2, -0.15) is 0 Å². The van der Waals surface area contributed by atoms with Crippen molar-refractivity contribution in [2.45, 2.75) is 32.2 Å². The van der Waals surface area contributed by atoms with E-state index in [0.717, 1.165) is 18.5 Å². The molecule has 0 saturated carbocycles. The largest absolute Gasteiger partial charge is 0.481 e. The van der Waals surface area contributed by atoms with E-state index >= 15 is 0 Å². The molecule has 2 aromatic carbocycles. The summed E-state index contributed by atoms with van der Waals surface area (Å²) in [5, 5.41) is 10.8. The number of amides is 3. The van der Waals surface area contributed by atoms with Crippen molar-refractivity contribution in [1.82, 2.24) is 14.7 Å². The molecule has 206 valence electrons. The van der Waals surface area contributed by atoms with Crippen molar-refractivity contribution < 1.29 is 19.5 Å². The predicted molar refractivity (Wildman–Crippen MR) is 151 cm³/mol. The highest BCUT2D eigenvalue weighted by molar-refractivity contribution is 6.35. The average molecular weight is 564 g/mol. The Hall–Kier alpha value is -2.81. The second kappa shape index (κ2) is 12.4. The van der Waals surface area contributed by atoms with Crippen LogP contribution < -0.4 is 4.90 Å². The minimum Gasteiger partial charge on any atom is -0.481 e. The van der Waals surface area contributed by atoms with Crippen LogP contribution >= 0.6 is 23.2 Å². The van der Waals surface area contributed by atoms with Crippen LogP contribution in [0.2, 0.25) is 10.0 Å². The van der Waals surface area contributed by atoms with Gasteiger partial charge in [-0.15, -0.1) is 0 Å². The standard InChI is InChI=1S/C28H36Cl2N4O4/c1-19-7-10-21(11-8-19)34-26(22-12-9-20(29)15-23(22)30)28(17-25(36)37,18-33(5)27(34)38)16-24(35)32(4)14-6-13-31(2)3/h7-12,15,26H,6,13-14,16-18H2,1-5H3,(H,36,37). The number of nitrogens with zero attached hydrogens (tertiary/aromatic N) is 4. The van der Waals surface area contributed by atoms with E-state index in [1.807, 2.05) is 50.2 Å². The first-order chi connectivity index (χ1) is 17.8. The molecule has 0 bridgehead atoms. The normalized spacial score (nSPS) is 19.7. The van der Waals surface area contributed by atoms with Crippen LogP contribution in [-0.2, 0) is 9.59 Å². The summed E-state index contributed by atoms with van der Waals surface area (Å²) in [6.07, 6.45) is 0.358. The molecular weight excluding hydrogens is 527 g/mol. The van der Waals surface area contributed by atoms with Crippen LogP contribution in [0.25, 0.3) is 0 Å². The van der Waals surface area contributed by atoms with Crippen LogP contribution in [0.4, 0.5) is 10.5 Å². The Morgan fingerprint density at radius 3 is 2.29 bits per heavy atom. The molecule has 38 heavy (non-hydrogen) atoms. The summed E-state index contributed by atoms with van der Waals surface area (Å²) in [6.45, 7) is 3.37. The molecule has 0 radical (unpaired) electrons. The van der Waals surface area contributed by atoms with Gasteiger partial charge in [0.15, 0.2) is 0 Å². The number of hydrogen-bond donors (Lipinski definition) is 1. The highest BCUT2D eigenvalue weighted by Crippen LogP contribution is 2.51. The summed E-state index contributed by atoms with van der Waals surface area (Å²) in [7, 11) is 7.30. The molecular formula is C28H36Cl2N4O4. The second-order valence-electron chi connectivity index (χ2n) is 10.5. The third-order valence-electron chi connectivity index (χ3n) is 7.02. The highest BCUT2D eigenvalue weighted by atomic mass is 35.5. The first-order valence-corrected chi connectivity index (χ1v) is 13.3. The fourth-order valence-electron chi connectivity index (χ4n) is 5.21. The summed E-state index contributed by atoms with van der Waals surface area (Å²) in [6, 6.07) is 11.3. The summed E-state index contributed by atoms with van der Waals surface area (Å²) < 4.78 is 0. The molecule has 1 saturated heterocycles. The topological polar surface area (TPSA) is 84.4 Å². The number of urea groups is 1. The van der Waals surface area contributed by atoms with Crippen LogP contribution in [0.15, 0.2) is 42.5 Å². The van der Waals surface area contributed by atoms with Gasteiger partial charge in [-0.25, -0.2) is 4.79 Å². The number of aryl methyl sites for hydroxylation is 1. The van der Waals surface area contributed by atoms with E-state index < -0.39 is 17.4 Å². The lowest BCUT2D eigenvalue weighted by molar-refractivity contribution is -0.143. The van der Waals surface area contributed by atoms with E-state index in [0.29, 0.717) is 27.8 Å². The van der Waals surface area contributed by atoms with E-state index in [-0.39, 0.29) is 31.3 Å². The Kier molecular flexibility index (Phi) is 9.68. The molecule has 0 aromatic heterocycles. The lowest BCUT2D eigenvalue weighted by Gasteiger charge is -2.52. The third-order valence-corrected chi connectivity index (χ3v) is 7.59. The van der Waals surface area contributed by atoms with Gasteiger partial charge in [-0.1, -0.05) is 47.0 Å². The van der Waals surface area contributed by atoms with Crippen molar-refractivity contribution in [2.75, 3.05) is 52.7 Å². The van der Waals surface area contributed by atoms with Crippen molar-refractivity contribution in [3.8, 4) is 0 Å². The number of carbonyl (C=O) groups excluding carboxylic acids is 2. The zero-order valence-corrected chi connectivity index (χ0v) is 24.1. The number of halogens is 2. The van der Waals surface area contributed by atoms with Gasteiger partial charge in [0.05, 0.1) is 12.5 Å². The summed E-state index contributed by atoms with van der Waals surface area (Å²) in [5.41, 5.74) is 0.968. The van der Waals surface area contributed by atoms with Gasteiger partial charge in [0, 0.05) is 54.8 Å². The van der Waals surface area contributed by atoms with E-state index in [9.17, 15) is 19.5 Å². The molecule has 3 amide bonds. The van der Waals surface area contributed by atoms with Gasteiger partial charge in [0.1, 0.15) is 0 Å². The molecule has 2 atom stereocenters. The van der Waals surface area contributed by atoms with E-state index in [1.54, 1.807) is 42.1 Å². The molecule has 0 spiro atoms. The molecule has 10 heteroatoms. The molecule has 2 unspecified atom stereocenters. The Morgan fingerprint density at radius 1 is 1.05 bits per heavy atom. The van der Waals surface area contributed by atoms with Crippen molar-refractivity contribution in [3.05, 3.63) is 63.6 Å². The number of rotatable bonds is 10. The van der Waals surface area contributed by atoms with E-state index in [2.05, 4.69) is 0 Å². The molecule has 3 rings (SSSR count). The molecule has 1 aliphatic rings. The molecule has 0 aliphatic carbocycles. The van der Waals surface area contributed by atoms with Gasteiger partial charge in [-0.3, -0.25) is 14.5 Å². The maximum atomic E-state index is 13.7. The molecule has 1 fully saturated rings. The van der Waals surface area contributed by atoms with E-state index in [4.69, 9.17) is 23.2 Å². The first kappa shape index (κ1) is 29.7. The SMILES string of the molecule is Cc1ccc(N2C(=O)N(C)CC(CC(=O)O)(CC(=O)N(C)CCCN(C)C)C2c2ccc(Cl)cc2Cl)cc1. The van der Waals surface area contributed by atoms with Crippen molar-refractivity contribution in [3.63, 3.8) is 0 Å². The molecule has 8 nitrogen and oxygen atoms in total. The quantitative estimate of drug-likeness (QED) is 0.431. The van der Waals surface area contributed by atoms with Crippen LogP contribution in [-0.4, -0.2) is 85.5 Å². The van der Waals surface area contributed by atoms with Crippen LogP contribution in [0.1, 0.15) is 36.4 Å².